The SMILES string of the molecule is CCCC(F)(F)C(=O)CCC[C@@H]1C=CC(=O)[C@@H]1CC=CCCCC(=O)OC. The number of ketones is 2. The predicted molar refractivity (Wildman–Crippen MR) is 99.5 cm³/mol. The maximum atomic E-state index is 13.5. The number of hydrogen-bond acceptors (Lipinski definition) is 4. The fraction of sp³-hybridized carbons (Fsp3) is 0.667. The van der Waals surface area contributed by atoms with Crippen LogP contribution in [0.5, 0.6) is 0 Å². The van der Waals surface area contributed by atoms with Crippen LogP contribution in [-0.4, -0.2) is 30.6 Å². The topological polar surface area (TPSA) is 60.4 Å². The number of carbonyl (C=O) groups is 3. The van der Waals surface area contributed by atoms with Gasteiger partial charge in [0.05, 0.1) is 7.11 Å². The highest BCUT2D eigenvalue weighted by Crippen LogP contribution is 2.31. The van der Waals surface area contributed by atoms with E-state index in [2.05, 4.69) is 4.74 Å². The Bertz CT molecular complexity index is 567. The van der Waals surface area contributed by atoms with E-state index in [1.807, 2.05) is 18.2 Å². The summed E-state index contributed by atoms with van der Waals surface area (Å²) in [5, 5.41) is 0. The van der Waals surface area contributed by atoms with Gasteiger partial charge >= 0.3 is 11.9 Å². The number of hydrogen-bond donors (Lipinski definition) is 0. The molecule has 0 aromatic carbocycles. The van der Waals surface area contributed by atoms with Crippen molar-refractivity contribution >= 4 is 17.5 Å². The lowest BCUT2D eigenvalue weighted by atomic mass is 9.87. The summed E-state index contributed by atoms with van der Waals surface area (Å²) in [7, 11) is 1.36. The van der Waals surface area contributed by atoms with Crippen molar-refractivity contribution in [3.8, 4) is 0 Å². The van der Waals surface area contributed by atoms with Gasteiger partial charge in [0.25, 0.3) is 0 Å². The van der Waals surface area contributed by atoms with Crippen LogP contribution in [0.1, 0.15) is 64.7 Å². The second kappa shape index (κ2) is 11.8. The quantitative estimate of drug-likeness (QED) is 0.259. The van der Waals surface area contributed by atoms with E-state index in [1.54, 1.807) is 13.0 Å². The van der Waals surface area contributed by atoms with Crippen molar-refractivity contribution in [2.24, 2.45) is 11.8 Å². The van der Waals surface area contributed by atoms with Gasteiger partial charge in [-0.05, 0) is 50.5 Å². The number of esters is 1. The van der Waals surface area contributed by atoms with Gasteiger partial charge in [-0.25, -0.2) is 0 Å². The van der Waals surface area contributed by atoms with Crippen molar-refractivity contribution in [2.45, 2.75) is 70.6 Å². The normalized spacial score (nSPS) is 19.8. The Morgan fingerprint density at radius 3 is 2.63 bits per heavy atom. The van der Waals surface area contributed by atoms with Gasteiger partial charge in [0.15, 0.2) is 5.78 Å². The minimum absolute atomic E-state index is 0.00943. The van der Waals surface area contributed by atoms with Gasteiger partial charge in [-0.2, -0.15) is 8.78 Å². The van der Waals surface area contributed by atoms with Crippen LogP contribution < -0.4 is 0 Å². The molecule has 0 spiro atoms. The van der Waals surface area contributed by atoms with E-state index in [1.165, 1.54) is 7.11 Å². The van der Waals surface area contributed by atoms with Crippen molar-refractivity contribution in [2.75, 3.05) is 7.11 Å². The summed E-state index contributed by atoms with van der Waals surface area (Å²) >= 11 is 0. The number of unbranched alkanes of at least 4 members (excludes halogenated alkanes) is 1. The van der Waals surface area contributed by atoms with Gasteiger partial charge in [0.2, 0.25) is 5.78 Å². The molecule has 1 aliphatic carbocycles. The number of rotatable bonds is 13. The van der Waals surface area contributed by atoms with Crippen molar-refractivity contribution in [3.63, 3.8) is 0 Å². The average molecular weight is 384 g/mol. The molecule has 0 heterocycles. The predicted octanol–water partition coefficient (Wildman–Crippen LogP) is 4.82. The van der Waals surface area contributed by atoms with Gasteiger partial charge in [-0.15, -0.1) is 0 Å². The Hall–Kier alpha value is -1.85. The molecule has 0 radical (unpaired) electrons. The standard InChI is InChI=1S/C21H30F2O4/c1-3-15-21(22,23)19(25)11-8-9-16-13-14-18(24)17(16)10-6-4-5-7-12-20(26)27-2/h4,6,13-14,16-17H,3,5,7-12,15H2,1-2H3/t16-,17-/m1/s1. The van der Waals surface area contributed by atoms with Crippen molar-refractivity contribution in [1.82, 2.24) is 0 Å². The molecule has 0 fully saturated rings. The van der Waals surface area contributed by atoms with Gasteiger partial charge in [0, 0.05) is 25.2 Å². The summed E-state index contributed by atoms with van der Waals surface area (Å²) in [5.41, 5.74) is 0. The molecule has 6 heteroatoms. The summed E-state index contributed by atoms with van der Waals surface area (Å²) < 4.78 is 31.7. The molecule has 0 bridgehead atoms. The molecule has 0 aromatic rings. The first kappa shape index (κ1) is 23.2. The van der Waals surface area contributed by atoms with E-state index in [0.717, 1.165) is 6.42 Å². The van der Waals surface area contributed by atoms with Crippen molar-refractivity contribution in [3.05, 3.63) is 24.3 Å². The first-order chi connectivity index (χ1) is 12.8. The largest absolute Gasteiger partial charge is 0.469 e. The molecular formula is C21H30F2O4. The van der Waals surface area contributed by atoms with Crippen LogP contribution >= 0.6 is 0 Å². The minimum Gasteiger partial charge on any atom is -0.469 e. The summed E-state index contributed by atoms with van der Waals surface area (Å²) in [5.74, 6) is -4.63. The lowest BCUT2D eigenvalue weighted by molar-refractivity contribution is -0.144. The van der Waals surface area contributed by atoms with Crippen LogP contribution in [0.2, 0.25) is 0 Å². The summed E-state index contributed by atoms with van der Waals surface area (Å²) in [6.45, 7) is 1.63. The van der Waals surface area contributed by atoms with E-state index >= 15 is 0 Å². The van der Waals surface area contributed by atoms with Crippen LogP contribution in [0, 0.1) is 11.8 Å². The lowest BCUT2D eigenvalue weighted by Crippen LogP contribution is -2.28. The molecule has 2 atom stereocenters. The second-order valence-electron chi connectivity index (χ2n) is 6.98. The maximum Gasteiger partial charge on any atom is 0.305 e. The number of methoxy groups -OCH3 is 1. The number of halogens is 2. The third-order valence-electron chi connectivity index (χ3n) is 4.84. The van der Waals surface area contributed by atoms with Crippen molar-refractivity contribution < 1.29 is 27.9 Å². The Kier molecular flexibility index (Phi) is 10.1. The summed E-state index contributed by atoms with van der Waals surface area (Å²) in [6.07, 6.45) is 10.2. The van der Waals surface area contributed by atoms with Gasteiger partial charge < -0.3 is 4.74 Å². The number of allylic oxidation sites excluding steroid dienone is 4. The molecule has 152 valence electrons. The molecule has 0 saturated carbocycles. The third kappa shape index (κ3) is 8.14. The van der Waals surface area contributed by atoms with E-state index in [9.17, 15) is 23.2 Å². The molecule has 1 aliphatic rings. The molecule has 0 amide bonds. The zero-order chi connectivity index (χ0) is 20.3. The molecule has 0 N–H and O–H groups in total. The van der Waals surface area contributed by atoms with E-state index < -0.39 is 18.1 Å². The first-order valence-electron chi connectivity index (χ1n) is 9.66. The fourth-order valence-corrected chi connectivity index (χ4v) is 3.24. The fourth-order valence-electron chi connectivity index (χ4n) is 3.24. The second-order valence-corrected chi connectivity index (χ2v) is 6.98. The van der Waals surface area contributed by atoms with Gasteiger partial charge in [-0.3, -0.25) is 14.4 Å². The summed E-state index contributed by atoms with van der Waals surface area (Å²) in [6, 6.07) is 0. The van der Waals surface area contributed by atoms with Crippen LogP contribution in [0.25, 0.3) is 0 Å². The Balaban J connectivity index is 2.36. The molecule has 0 saturated heterocycles. The van der Waals surface area contributed by atoms with E-state index in [0.29, 0.717) is 32.1 Å². The van der Waals surface area contributed by atoms with Gasteiger partial charge in [-0.1, -0.05) is 25.2 Å². The zero-order valence-corrected chi connectivity index (χ0v) is 16.2. The molecular weight excluding hydrogens is 354 g/mol. The Labute approximate surface area is 160 Å². The van der Waals surface area contributed by atoms with Crippen molar-refractivity contribution in [1.29, 1.82) is 0 Å². The molecule has 27 heavy (non-hydrogen) atoms. The van der Waals surface area contributed by atoms with Crippen LogP contribution in [-0.2, 0) is 19.1 Å². The Morgan fingerprint density at radius 1 is 1.22 bits per heavy atom. The first-order valence-corrected chi connectivity index (χ1v) is 9.66. The van der Waals surface area contributed by atoms with Crippen LogP contribution in [0.4, 0.5) is 8.78 Å². The number of Topliss-reactive ketones (excluding diaryl/α,β-unsaturated/α-hetero) is 1. The summed E-state index contributed by atoms with van der Waals surface area (Å²) in [4.78, 5) is 34.7. The van der Waals surface area contributed by atoms with Crippen LogP contribution in [0.15, 0.2) is 24.3 Å². The number of carbonyl (C=O) groups excluding carboxylic acids is 3. The highest BCUT2D eigenvalue weighted by Gasteiger charge is 2.36. The molecule has 0 aliphatic heterocycles. The molecule has 0 aromatic heterocycles. The third-order valence-corrected chi connectivity index (χ3v) is 4.84. The van der Waals surface area contributed by atoms with E-state index in [-0.39, 0.29) is 36.4 Å². The highest BCUT2D eigenvalue weighted by atomic mass is 19.3. The molecule has 1 rings (SSSR count). The lowest BCUT2D eigenvalue weighted by Gasteiger charge is -2.18. The minimum atomic E-state index is -3.23. The van der Waals surface area contributed by atoms with Crippen LogP contribution in [0.3, 0.4) is 0 Å². The molecule has 0 unspecified atom stereocenters. The monoisotopic (exact) mass is 384 g/mol. The Morgan fingerprint density at radius 2 is 1.96 bits per heavy atom. The average Bonchev–Trinajstić information content (AvgIpc) is 2.97. The van der Waals surface area contributed by atoms with Gasteiger partial charge in [0.1, 0.15) is 0 Å². The highest BCUT2D eigenvalue weighted by molar-refractivity contribution is 5.94. The maximum absolute atomic E-state index is 13.5. The smallest absolute Gasteiger partial charge is 0.305 e. The van der Waals surface area contributed by atoms with E-state index in [4.69, 9.17) is 0 Å². The molecule has 4 nitrogen and oxygen atoms in total. The number of alkyl halides is 2. The number of ether oxygens (including phenoxy) is 1. The zero-order valence-electron chi connectivity index (χ0n) is 16.2.